The van der Waals surface area contributed by atoms with Crippen molar-refractivity contribution in [2.75, 3.05) is 13.1 Å². The Hall–Kier alpha value is -1.00. The first-order chi connectivity index (χ1) is 10.1. The van der Waals surface area contributed by atoms with Gasteiger partial charge in [0.25, 0.3) is 0 Å². The third kappa shape index (κ3) is 4.75. The fourth-order valence-electron chi connectivity index (χ4n) is 3.24. The van der Waals surface area contributed by atoms with Crippen molar-refractivity contribution in [3.63, 3.8) is 0 Å². The van der Waals surface area contributed by atoms with Crippen LogP contribution in [-0.2, 0) is 6.54 Å². The van der Waals surface area contributed by atoms with Gasteiger partial charge >= 0.3 is 0 Å². The molecule has 2 rings (SSSR count). The number of nitrogens with two attached hydrogens (primary N) is 1. The number of nitrogens with zero attached hydrogens (tertiary/aromatic N) is 1. The molecule has 1 aromatic rings. The Morgan fingerprint density at radius 1 is 1.38 bits per heavy atom. The summed E-state index contributed by atoms with van der Waals surface area (Å²) in [6.45, 7) is 5.29. The average molecular weight is 308 g/mol. The predicted molar refractivity (Wildman–Crippen MR) is 89.8 cm³/mol. The van der Waals surface area contributed by atoms with E-state index in [1.54, 1.807) is 0 Å². The highest BCUT2D eigenvalue weighted by Crippen LogP contribution is 2.23. The Kier molecular flexibility index (Phi) is 6.12. The second kappa shape index (κ2) is 7.85. The van der Waals surface area contributed by atoms with Gasteiger partial charge in [0, 0.05) is 12.1 Å². The first-order valence-corrected chi connectivity index (χ1v) is 8.31. The van der Waals surface area contributed by atoms with Crippen LogP contribution in [0.2, 0.25) is 0 Å². The molecule has 2 N–H and O–H groups in total. The van der Waals surface area contributed by atoms with Crippen LogP contribution in [0.3, 0.4) is 0 Å². The molecule has 2 nitrogen and oxygen atoms in total. The molecule has 0 amide bonds. The summed E-state index contributed by atoms with van der Waals surface area (Å²) in [5.41, 5.74) is 7.45. The second-order valence-corrected chi connectivity index (χ2v) is 6.47. The van der Waals surface area contributed by atoms with Crippen LogP contribution in [0.15, 0.2) is 18.2 Å². The zero-order valence-corrected chi connectivity index (χ0v) is 13.6. The summed E-state index contributed by atoms with van der Waals surface area (Å²) < 4.78 is 13.4. The van der Waals surface area contributed by atoms with Crippen molar-refractivity contribution in [2.24, 2.45) is 11.7 Å². The minimum atomic E-state index is -0.277. The van der Waals surface area contributed by atoms with Crippen molar-refractivity contribution in [2.45, 2.75) is 45.6 Å². The van der Waals surface area contributed by atoms with E-state index in [0.717, 1.165) is 31.1 Å². The normalized spacial score (nSPS) is 20.2. The van der Waals surface area contributed by atoms with Gasteiger partial charge in [-0.3, -0.25) is 4.90 Å². The van der Waals surface area contributed by atoms with E-state index >= 15 is 0 Å². The third-order valence-corrected chi connectivity index (χ3v) is 4.59. The summed E-state index contributed by atoms with van der Waals surface area (Å²) in [5, 5.41) is 0. The molecular weight excluding hydrogens is 283 g/mol. The molecule has 4 heteroatoms. The molecule has 0 aromatic heterocycles. The zero-order valence-electron chi connectivity index (χ0n) is 12.8. The monoisotopic (exact) mass is 308 g/mol. The molecule has 1 atom stereocenters. The minimum absolute atomic E-state index is 0.277. The molecular formula is C17H25FN2S. The van der Waals surface area contributed by atoms with Crippen LogP contribution in [0.25, 0.3) is 0 Å². The highest BCUT2D eigenvalue weighted by atomic mass is 32.1. The predicted octanol–water partition coefficient (Wildman–Crippen LogP) is 3.86. The smallest absolute Gasteiger partial charge is 0.123 e. The van der Waals surface area contributed by atoms with Crippen molar-refractivity contribution in [1.29, 1.82) is 0 Å². The van der Waals surface area contributed by atoms with E-state index in [4.69, 9.17) is 18.0 Å². The van der Waals surface area contributed by atoms with Crippen LogP contribution >= 0.6 is 12.2 Å². The van der Waals surface area contributed by atoms with Gasteiger partial charge in [-0.25, -0.2) is 4.39 Å². The van der Waals surface area contributed by atoms with Gasteiger partial charge < -0.3 is 5.73 Å². The molecule has 1 aromatic carbocycles. The van der Waals surface area contributed by atoms with Crippen LogP contribution in [0.4, 0.5) is 4.39 Å². The summed E-state index contributed by atoms with van der Waals surface area (Å²) in [7, 11) is 0. The first kappa shape index (κ1) is 16.4. The molecule has 116 valence electrons. The Morgan fingerprint density at radius 3 is 2.90 bits per heavy atom. The van der Waals surface area contributed by atoms with Crippen molar-refractivity contribution >= 4 is 17.2 Å². The lowest BCUT2D eigenvalue weighted by Gasteiger charge is -2.21. The lowest BCUT2D eigenvalue weighted by molar-refractivity contribution is 0.271. The van der Waals surface area contributed by atoms with E-state index in [-0.39, 0.29) is 10.8 Å². The fraction of sp³-hybridized carbons (Fsp3) is 0.588. The molecule has 0 spiro atoms. The SMILES string of the molecule is CCCC1CCCN(Cc2ccc(F)cc2C(N)=S)CC1. The van der Waals surface area contributed by atoms with E-state index in [1.165, 1.54) is 44.2 Å². The summed E-state index contributed by atoms with van der Waals surface area (Å²) in [6, 6.07) is 4.77. The maximum Gasteiger partial charge on any atom is 0.123 e. The quantitative estimate of drug-likeness (QED) is 0.838. The standard InChI is InChI=1S/C17H25FN2S/c1-2-4-13-5-3-9-20(10-8-13)12-14-6-7-15(18)11-16(14)17(19)21/h6-7,11,13H,2-5,8-10,12H2,1H3,(H2,19,21). The van der Waals surface area contributed by atoms with E-state index < -0.39 is 0 Å². The number of thiocarbonyl (C=S) groups is 1. The highest BCUT2D eigenvalue weighted by Gasteiger charge is 2.18. The molecule has 1 heterocycles. The van der Waals surface area contributed by atoms with Crippen molar-refractivity contribution < 1.29 is 4.39 Å². The highest BCUT2D eigenvalue weighted by molar-refractivity contribution is 7.80. The van der Waals surface area contributed by atoms with Crippen molar-refractivity contribution in [3.8, 4) is 0 Å². The van der Waals surface area contributed by atoms with Gasteiger partial charge in [-0.2, -0.15) is 0 Å². The van der Waals surface area contributed by atoms with Gasteiger partial charge in [-0.1, -0.05) is 38.0 Å². The Bertz CT molecular complexity index is 490. The lowest BCUT2D eigenvalue weighted by Crippen LogP contribution is -2.26. The average Bonchev–Trinajstić information content (AvgIpc) is 2.67. The molecule has 1 unspecified atom stereocenters. The number of hydrogen-bond donors (Lipinski definition) is 1. The first-order valence-electron chi connectivity index (χ1n) is 7.90. The van der Waals surface area contributed by atoms with E-state index in [0.29, 0.717) is 5.56 Å². The zero-order chi connectivity index (χ0) is 15.2. The Balaban J connectivity index is 2.03. The maximum absolute atomic E-state index is 13.4. The summed E-state index contributed by atoms with van der Waals surface area (Å²) >= 11 is 5.05. The molecule has 1 aliphatic rings. The van der Waals surface area contributed by atoms with E-state index in [1.807, 2.05) is 6.07 Å². The summed E-state index contributed by atoms with van der Waals surface area (Å²) in [6.07, 6.45) is 6.44. The lowest BCUT2D eigenvalue weighted by atomic mass is 9.96. The molecule has 1 aliphatic heterocycles. The molecule has 1 saturated heterocycles. The topological polar surface area (TPSA) is 29.3 Å². The van der Waals surface area contributed by atoms with Gasteiger partial charge in [0.15, 0.2) is 0 Å². The van der Waals surface area contributed by atoms with E-state index in [9.17, 15) is 4.39 Å². The molecule has 0 aliphatic carbocycles. The van der Waals surface area contributed by atoms with Gasteiger partial charge in [-0.05, 0) is 56.0 Å². The number of likely N-dealkylation sites (tertiary alicyclic amines) is 1. The fourth-order valence-corrected chi connectivity index (χ4v) is 3.43. The minimum Gasteiger partial charge on any atom is -0.389 e. The largest absolute Gasteiger partial charge is 0.389 e. The number of benzene rings is 1. The van der Waals surface area contributed by atoms with Crippen LogP contribution in [0.1, 0.15) is 50.2 Å². The van der Waals surface area contributed by atoms with Crippen LogP contribution in [0.5, 0.6) is 0 Å². The van der Waals surface area contributed by atoms with Gasteiger partial charge in [0.1, 0.15) is 10.8 Å². The van der Waals surface area contributed by atoms with E-state index in [2.05, 4.69) is 11.8 Å². The van der Waals surface area contributed by atoms with Gasteiger partial charge in [0.05, 0.1) is 0 Å². The summed E-state index contributed by atoms with van der Waals surface area (Å²) in [4.78, 5) is 2.73. The molecule has 0 bridgehead atoms. The van der Waals surface area contributed by atoms with Crippen molar-refractivity contribution in [1.82, 2.24) is 4.90 Å². The Labute approximate surface area is 132 Å². The number of rotatable bonds is 5. The third-order valence-electron chi connectivity index (χ3n) is 4.37. The van der Waals surface area contributed by atoms with Crippen LogP contribution in [0, 0.1) is 11.7 Å². The summed E-state index contributed by atoms with van der Waals surface area (Å²) in [5.74, 6) is 0.587. The number of halogens is 1. The van der Waals surface area contributed by atoms with Crippen LogP contribution < -0.4 is 5.73 Å². The molecule has 1 fully saturated rings. The van der Waals surface area contributed by atoms with Gasteiger partial charge in [0.2, 0.25) is 0 Å². The Morgan fingerprint density at radius 2 is 2.19 bits per heavy atom. The number of hydrogen-bond acceptors (Lipinski definition) is 2. The molecule has 0 radical (unpaired) electrons. The van der Waals surface area contributed by atoms with Gasteiger partial charge in [-0.15, -0.1) is 0 Å². The molecule has 21 heavy (non-hydrogen) atoms. The molecule has 0 saturated carbocycles. The van der Waals surface area contributed by atoms with Crippen LogP contribution in [-0.4, -0.2) is 23.0 Å². The maximum atomic E-state index is 13.4. The second-order valence-electron chi connectivity index (χ2n) is 6.03. The van der Waals surface area contributed by atoms with Crippen molar-refractivity contribution in [3.05, 3.63) is 35.1 Å².